The highest BCUT2D eigenvalue weighted by Crippen LogP contribution is 2.37. The fourth-order valence-corrected chi connectivity index (χ4v) is 3.91. The third-order valence-corrected chi connectivity index (χ3v) is 5.40. The average molecular weight is 409 g/mol. The maximum atomic E-state index is 12.2. The van der Waals surface area contributed by atoms with E-state index < -0.39 is 30.5 Å². The summed E-state index contributed by atoms with van der Waals surface area (Å²) in [5, 5.41) is 0. The Morgan fingerprint density at radius 3 is 2.19 bits per heavy atom. The van der Waals surface area contributed by atoms with Crippen molar-refractivity contribution < 1.29 is 27.3 Å². The minimum Gasteiger partial charge on any atom is -0.303 e. The average Bonchev–Trinajstić information content (AvgIpc) is 2.60. The number of rotatable bonds is 12. The zero-order chi connectivity index (χ0) is 20.1. The molecule has 0 aliphatic rings. The Kier molecular flexibility index (Phi) is 13.0. The Morgan fingerprint density at radius 1 is 1.08 bits per heavy atom. The molecule has 0 aromatic heterocycles. The smallest absolute Gasteiger partial charge is 0.303 e. The van der Waals surface area contributed by atoms with Crippen LogP contribution < -0.4 is 4.72 Å². The van der Waals surface area contributed by atoms with E-state index in [2.05, 4.69) is 16.2 Å². The molecular weight excluding hydrogens is 377 g/mol. The van der Waals surface area contributed by atoms with Gasteiger partial charge in [0.15, 0.2) is 0 Å². The van der Waals surface area contributed by atoms with Gasteiger partial charge >= 0.3 is 7.82 Å². The summed E-state index contributed by atoms with van der Waals surface area (Å²) in [4.78, 5) is 17.7. The van der Waals surface area contributed by atoms with Crippen molar-refractivity contribution in [1.29, 1.82) is 0 Å². The van der Waals surface area contributed by atoms with Crippen LogP contribution in [-0.4, -0.2) is 30.6 Å². The maximum absolute atomic E-state index is 12.2. The van der Waals surface area contributed by atoms with Crippen LogP contribution in [0.3, 0.4) is 0 Å². The SMILES string of the molecule is CC.CCCCCCCS(=O)(=O)NC(COP(=O)(O)O)c1ccccc1. The van der Waals surface area contributed by atoms with Crippen LogP contribution >= 0.6 is 7.82 Å². The first-order valence-corrected chi connectivity index (χ1v) is 12.2. The highest BCUT2D eigenvalue weighted by molar-refractivity contribution is 7.89. The molecule has 0 aliphatic carbocycles. The summed E-state index contributed by atoms with van der Waals surface area (Å²) in [6.45, 7) is 5.65. The summed E-state index contributed by atoms with van der Waals surface area (Å²) >= 11 is 0. The topological polar surface area (TPSA) is 113 Å². The molecule has 1 rings (SSSR count). The van der Waals surface area contributed by atoms with Gasteiger partial charge in [-0.15, -0.1) is 0 Å². The van der Waals surface area contributed by atoms with Gasteiger partial charge in [-0.1, -0.05) is 76.8 Å². The molecule has 0 bridgehead atoms. The lowest BCUT2D eigenvalue weighted by Crippen LogP contribution is -2.33. The van der Waals surface area contributed by atoms with Crippen LogP contribution in [0.1, 0.15) is 64.5 Å². The number of hydrogen-bond acceptors (Lipinski definition) is 4. The Morgan fingerprint density at radius 2 is 1.65 bits per heavy atom. The molecule has 9 heteroatoms. The molecule has 0 heterocycles. The molecule has 1 unspecified atom stereocenters. The second-order valence-electron chi connectivity index (χ2n) is 5.60. The molecule has 152 valence electrons. The first-order valence-electron chi connectivity index (χ1n) is 8.98. The summed E-state index contributed by atoms with van der Waals surface area (Å²) in [5.74, 6) is -0.0179. The van der Waals surface area contributed by atoms with Crippen molar-refractivity contribution >= 4 is 17.8 Å². The van der Waals surface area contributed by atoms with Gasteiger partial charge in [0.25, 0.3) is 0 Å². The Bertz CT molecular complexity index is 617. The second-order valence-corrected chi connectivity index (χ2v) is 8.71. The third-order valence-electron chi connectivity index (χ3n) is 3.45. The quantitative estimate of drug-likeness (QED) is 0.358. The van der Waals surface area contributed by atoms with E-state index in [0.717, 1.165) is 25.7 Å². The zero-order valence-electron chi connectivity index (χ0n) is 15.8. The number of nitrogens with one attached hydrogen (secondary N) is 1. The van der Waals surface area contributed by atoms with Crippen molar-refractivity contribution in [2.45, 2.75) is 58.9 Å². The zero-order valence-corrected chi connectivity index (χ0v) is 17.5. The van der Waals surface area contributed by atoms with Crippen molar-refractivity contribution in [1.82, 2.24) is 4.72 Å². The van der Waals surface area contributed by atoms with Crippen LogP contribution in [0.15, 0.2) is 30.3 Å². The van der Waals surface area contributed by atoms with Gasteiger partial charge in [-0.3, -0.25) is 4.52 Å². The largest absolute Gasteiger partial charge is 0.469 e. The molecule has 7 nitrogen and oxygen atoms in total. The van der Waals surface area contributed by atoms with Gasteiger partial charge in [0.2, 0.25) is 10.0 Å². The van der Waals surface area contributed by atoms with Gasteiger partial charge in [-0.25, -0.2) is 17.7 Å². The predicted molar refractivity (Wildman–Crippen MR) is 104 cm³/mol. The summed E-state index contributed by atoms with van der Waals surface area (Å²) in [7, 11) is -8.24. The number of sulfonamides is 1. The Balaban J connectivity index is 0.00000301. The van der Waals surface area contributed by atoms with Crippen molar-refractivity contribution in [3.63, 3.8) is 0 Å². The van der Waals surface area contributed by atoms with Crippen molar-refractivity contribution in [2.24, 2.45) is 0 Å². The maximum Gasteiger partial charge on any atom is 0.469 e. The summed E-state index contributed by atoms with van der Waals surface area (Å²) in [6, 6.07) is 7.72. The molecule has 0 aliphatic heterocycles. The van der Waals surface area contributed by atoms with Crippen LogP contribution in [0.4, 0.5) is 0 Å². The van der Waals surface area contributed by atoms with Gasteiger partial charge < -0.3 is 9.79 Å². The minimum atomic E-state index is -4.67. The molecule has 0 amide bonds. The number of unbranched alkanes of at least 4 members (excludes halogenated alkanes) is 4. The lowest BCUT2D eigenvalue weighted by Gasteiger charge is -2.19. The molecule has 0 spiro atoms. The molecule has 0 radical (unpaired) electrons. The summed E-state index contributed by atoms with van der Waals surface area (Å²) in [5.41, 5.74) is 0.584. The van der Waals surface area contributed by atoms with Gasteiger partial charge in [0.1, 0.15) is 0 Å². The van der Waals surface area contributed by atoms with Crippen molar-refractivity contribution in [3.05, 3.63) is 35.9 Å². The van der Waals surface area contributed by atoms with Gasteiger partial charge in [0.05, 0.1) is 18.4 Å². The first kappa shape index (κ1) is 25.2. The molecule has 1 aromatic carbocycles. The van der Waals surface area contributed by atoms with E-state index in [1.54, 1.807) is 30.3 Å². The molecular formula is C17H32NO6PS. The molecule has 0 saturated heterocycles. The number of phosphoric ester groups is 1. The van der Waals surface area contributed by atoms with E-state index >= 15 is 0 Å². The second kappa shape index (κ2) is 13.4. The van der Waals surface area contributed by atoms with E-state index in [9.17, 15) is 13.0 Å². The van der Waals surface area contributed by atoms with E-state index in [4.69, 9.17) is 9.79 Å². The monoisotopic (exact) mass is 409 g/mol. The van der Waals surface area contributed by atoms with Crippen LogP contribution in [0.2, 0.25) is 0 Å². The summed E-state index contributed by atoms with van der Waals surface area (Å²) < 4.78 is 42.3. The third kappa shape index (κ3) is 12.6. The number of hydrogen-bond donors (Lipinski definition) is 3. The van der Waals surface area contributed by atoms with Crippen LogP contribution in [0, 0.1) is 0 Å². The van der Waals surface area contributed by atoms with Crippen LogP contribution in [0.5, 0.6) is 0 Å². The molecule has 1 aromatic rings. The lowest BCUT2D eigenvalue weighted by molar-refractivity contribution is 0.183. The van der Waals surface area contributed by atoms with Gasteiger partial charge in [-0.2, -0.15) is 0 Å². The van der Waals surface area contributed by atoms with E-state index in [0.29, 0.717) is 12.0 Å². The number of phosphoric acid groups is 1. The van der Waals surface area contributed by atoms with Crippen LogP contribution in [-0.2, 0) is 19.1 Å². The van der Waals surface area contributed by atoms with Gasteiger partial charge in [0, 0.05) is 0 Å². The molecule has 26 heavy (non-hydrogen) atoms. The minimum absolute atomic E-state index is 0.0179. The molecule has 0 saturated carbocycles. The Labute approximate surface area is 157 Å². The fraction of sp³-hybridized carbons (Fsp3) is 0.647. The van der Waals surface area contributed by atoms with Crippen LogP contribution in [0.25, 0.3) is 0 Å². The van der Waals surface area contributed by atoms with Gasteiger partial charge in [-0.05, 0) is 12.0 Å². The lowest BCUT2D eigenvalue weighted by atomic mass is 10.1. The first-order chi connectivity index (χ1) is 12.2. The molecule has 1 atom stereocenters. The van der Waals surface area contributed by atoms with E-state index in [1.807, 2.05) is 13.8 Å². The van der Waals surface area contributed by atoms with Crippen molar-refractivity contribution in [3.8, 4) is 0 Å². The standard InChI is InChI=1S/C15H26NO6PS.C2H6/c1-2-3-4-5-9-12-24(20,21)16-15(13-22-23(17,18)19)14-10-7-6-8-11-14;1-2/h6-8,10-11,15-16H,2-5,9,12-13H2,1H3,(H2,17,18,19);1-2H3. The molecule has 3 N–H and O–H groups in total. The molecule has 0 fully saturated rings. The Hall–Kier alpha value is -0.760. The van der Waals surface area contributed by atoms with Crippen molar-refractivity contribution in [2.75, 3.05) is 12.4 Å². The highest BCUT2D eigenvalue weighted by atomic mass is 32.2. The van der Waals surface area contributed by atoms with E-state index in [-0.39, 0.29) is 5.75 Å². The summed E-state index contributed by atoms with van der Waals surface area (Å²) in [6.07, 6.45) is 4.55. The number of benzene rings is 1. The van der Waals surface area contributed by atoms with E-state index in [1.165, 1.54) is 0 Å². The normalized spacial score (nSPS) is 13.0. The predicted octanol–water partition coefficient (Wildman–Crippen LogP) is 3.75. The highest BCUT2D eigenvalue weighted by Gasteiger charge is 2.23. The fourth-order valence-electron chi connectivity index (χ4n) is 2.23.